The molecule has 1 fully saturated rings. The van der Waals surface area contributed by atoms with Crippen molar-refractivity contribution in [3.05, 3.63) is 102 Å². The van der Waals surface area contributed by atoms with Gasteiger partial charge in [-0.2, -0.15) is 0 Å². The summed E-state index contributed by atoms with van der Waals surface area (Å²) in [6.07, 6.45) is 3.42. The minimum atomic E-state index is -2.91. The summed E-state index contributed by atoms with van der Waals surface area (Å²) in [6.45, 7) is 9.18. The van der Waals surface area contributed by atoms with Gasteiger partial charge in [0, 0.05) is 17.0 Å². The summed E-state index contributed by atoms with van der Waals surface area (Å²) in [4.78, 5) is 0. The van der Waals surface area contributed by atoms with Crippen LogP contribution in [0.5, 0.6) is 0 Å². The first-order valence-electron chi connectivity index (χ1n) is 12.9. The largest absolute Gasteiger partial charge is 0.316 e. The number of benzene rings is 3. The highest BCUT2D eigenvalue weighted by atomic mass is 31.2. The van der Waals surface area contributed by atoms with E-state index in [1.165, 1.54) is 12.0 Å². The summed E-state index contributed by atoms with van der Waals surface area (Å²) in [5.74, 6) is 1.34. The van der Waals surface area contributed by atoms with Crippen molar-refractivity contribution < 1.29 is 4.57 Å². The van der Waals surface area contributed by atoms with Crippen molar-refractivity contribution in [1.29, 1.82) is 0 Å². The van der Waals surface area contributed by atoms with E-state index in [2.05, 4.69) is 112 Å². The molecule has 3 aromatic carbocycles. The Morgan fingerprint density at radius 1 is 0.765 bits per heavy atom. The van der Waals surface area contributed by atoms with E-state index in [1.54, 1.807) is 0 Å². The Balaban J connectivity index is 1.87. The van der Waals surface area contributed by atoms with Crippen LogP contribution in [0.25, 0.3) is 0 Å². The van der Waals surface area contributed by atoms with Crippen LogP contribution in [0.3, 0.4) is 0 Å². The second-order valence-electron chi connectivity index (χ2n) is 10.6. The van der Waals surface area contributed by atoms with Crippen molar-refractivity contribution in [2.24, 2.45) is 17.8 Å². The molecule has 3 aromatic rings. The Morgan fingerprint density at radius 3 is 1.85 bits per heavy atom. The van der Waals surface area contributed by atoms with E-state index in [0.29, 0.717) is 17.8 Å². The van der Waals surface area contributed by atoms with Gasteiger partial charge in [0.2, 0.25) is 0 Å². The highest BCUT2D eigenvalue weighted by Gasteiger charge is 2.48. The molecule has 0 heterocycles. The van der Waals surface area contributed by atoms with Crippen LogP contribution in [-0.4, -0.2) is 5.66 Å². The van der Waals surface area contributed by atoms with Gasteiger partial charge in [-0.25, -0.2) is 0 Å². The van der Waals surface area contributed by atoms with Crippen LogP contribution in [0.1, 0.15) is 69.9 Å². The van der Waals surface area contributed by atoms with Crippen molar-refractivity contribution in [2.45, 2.75) is 64.4 Å². The normalized spacial score (nSPS) is 24.3. The zero-order valence-electron chi connectivity index (χ0n) is 21.1. The molecule has 0 amide bonds. The van der Waals surface area contributed by atoms with Gasteiger partial charge >= 0.3 is 0 Å². The molecule has 180 valence electrons. The first-order valence-corrected chi connectivity index (χ1v) is 14.8. The zero-order chi connectivity index (χ0) is 24.1. The average molecular weight is 474 g/mol. The van der Waals surface area contributed by atoms with Crippen molar-refractivity contribution in [2.75, 3.05) is 0 Å². The maximum absolute atomic E-state index is 15.8. The van der Waals surface area contributed by atoms with Gasteiger partial charge in [-0.1, -0.05) is 118 Å². The van der Waals surface area contributed by atoms with Gasteiger partial charge in [0.05, 0.1) is 5.78 Å². The molecule has 0 aromatic heterocycles. The standard InChI is InChI=1S/C31H40NOP/c1-23(2)29-21-20-24(3)22-30(29)34(33,28-18-12-7-13-19-28)31(27-16-10-6-11-17-27)32-25(4)26-14-8-5-9-15-26/h5-19,23-25,29-32H,20-22H2,1-4H3/t24-,25-,29+,30?,31+,34+/m1/s1. The van der Waals surface area contributed by atoms with Gasteiger partial charge in [-0.3, -0.25) is 5.32 Å². The Hall–Kier alpha value is -2.15. The quantitative estimate of drug-likeness (QED) is 0.334. The Kier molecular flexibility index (Phi) is 8.12. The summed E-state index contributed by atoms with van der Waals surface area (Å²) in [5.41, 5.74) is 2.51. The van der Waals surface area contributed by atoms with E-state index in [1.807, 2.05) is 12.1 Å². The lowest BCUT2D eigenvalue weighted by Crippen LogP contribution is -2.39. The van der Waals surface area contributed by atoms with Crippen LogP contribution in [0.4, 0.5) is 0 Å². The number of hydrogen-bond acceptors (Lipinski definition) is 2. The third-order valence-corrected chi connectivity index (χ3v) is 11.7. The van der Waals surface area contributed by atoms with E-state index >= 15 is 4.57 Å². The van der Waals surface area contributed by atoms with Gasteiger partial charge in [0.15, 0.2) is 0 Å². The van der Waals surface area contributed by atoms with E-state index in [4.69, 9.17) is 0 Å². The first-order chi connectivity index (χ1) is 16.4. The average Bonchev–Trinajstić information content (AvgIpc) is 2.88. The van der Waals surface area contributed by atoms with Crippen molar-refractivity contribution >= 4 is 12.4 Å². The molecule has 3 heteroatoms. The molecule has 0 radical (unpaired) electrons. The topological polar surface area (TPSA) is 29.1 Å². The first kappa shape index (κ1) is 25.0. The number of rotatable bonds is 8. The van der Waals surface area contributed by atoms with Gasteiger partial charge < -0.3 is 4.57 Å². The molecule has 1 N–H and O–H groups in total. The van der Waals surface area contributed by atoms with Crippen LogP contribution >= 0.6 is 7.14 Å². The third kappa shape index (κ3) is 5.24. The highest BCUT2D eigenvalue weighted by Crippen LogP contribution is 2.66. The molecular formula is C31H40NOP. The maximum Gasteiger partial charge on any atom is 0.139 e. The molecule has 0 bridgehead atoms. The van der Waals surface area contributed by atoms with Crippen LogP contribution in [-0.2, 0) is 4.57 Å². The van der Waals surface area contributed by atoms with Crippen molar-refractivity contribution in [3.8, 4) is 0 Å². The SMILES string of the molecule is CC(C)[C@@H]1CC[C@@H](C)CC1[P@@](=O)(c1ccccc1)[C@H](N[C@H](C)c1ccccc1)c1ccccc1. The Morgan fingerprint density at radius 2 is 1.29 bits per heavy atom. The minimum Gasteiger partial charge on any atom is -0.316 e. The second-order valence-corrected chi connectivity index (χ2v) is 13.7. The fourth-order valence-electron chi connectivity index (χ4n) is 5.92. The van der Waals surface area contributed by atoms with Crippen LogP contribution < -0.4 is 10.6 Å². The van der Waals surface area contributed by atoms with Crippen molar-refractivity contribution in [3.63, 3.8) is 0 Å². The zero-order valence-corrected chi connectivity index (χ0v) is 22.0. The predicted molar refractivity (Wildman–Crippen MR) is 146 cm³/mol. The van der Waals surface area contributed by atoms with Gasteiger partial charge in [0.1, 0.15) is 7.14 Å². The lowest BCUT2D eigenvalue weighted by Gasteiger charge is -2.45. The smallest absolute Gasteiger partial charge is 0.139 e. The predicted octanol–water partition coefficient (Wildman–Crippen LogP) is 8.19. The van der Waals surface area contributed by atoms with E-state index in [9.17, 15) is 0 Å². The van der Waals surface area contributed by atoms with E-state index in [-0.39, 0.29) is 17.5 Å². The van der Waals surface area contributed by atoms with Crippen LogP contribution in [0, 0.1) is 17.8 Å². The molecule has 0 saturated heterocycles. The lowest BCUT2D eigenvalue weighted by molar-refractivity contribution is 0.235. The lowest BCUT2D eigenvalue weighted by atomic mass is 9.77. The second kappa shape index (κ2) is 11.1. The summed E-state index contributed by atoms with van der Waals surface area (Å²) < 4.78 is 15.8. The number of hydrogen-bond donors (Lipinski definition) is 1. The molecule has 34 heavy (non-hydrogen) atoms. The summed E-state index contributed by atoms with van der Waals surface area (Å²) in [7, 11) is -2.91. The fourth-order valence-corrected chi connectivity index (χ4v) is 10.4. The summed E-state index contributed by atoms with van der Waals surface area (Å²) in [5, 5.41) is 4.91. The van der Waals surface area contributed by atoms with Crippen molar-refractivity contribution in [1.82, 2.24) is 5.32 Å². The Bertz CT molecular complexity index is 1070. The molecular weight excluding hydrogens is 433 g/mol. The van der Waals surface area contributed by atoms with Gasteiger partial charge in [-0.05, 0) is 48.6 Å². The van der Waals surface area contributed by atoms with Crippen LogP contribution in [0.15, 0.2) is 91.0 Å². The molecule has 1 aliphatic carbocycles. The Labute approximate surface area is 206 Å². The van der Waals surface area contributed by atoms with E-state index < -0.39 is 7.14 Å². The molecule has 1 unspecified atom stereocenters. The monoisotopic (exact) mass is 473 g/mol. The van der Waals surface area contributed by atoms with Gasteiger partial charge in [-0.15, -0.1) is 0 Å². The minimum absolute atomic E-state index is 0.0851. The molecule has 1 aliphatic rings. The van der Waals surface area contributed by atoms with E-state index in [0.717, 1.165) is 23.7 Å². The van der Waals surface area contributed by atoms with Crippen LogP contribution in [0.2, 0.25) is 0 Å². The number of nitrogens with one attached hydrogen (secondary N) is 1. The summed E-state index contributed by atoms with van der Waals surface area (Å²) >= 11 is 0. The third-order valence-electron chi connectivity index (χ3n) is 7.85. The molecule has 4 rings (SSSR count). The molecule has 2 nitrogen and oxygen atoms in total. The molecule has 0 aliphatic heterocycles. The maximum atomic E-state index is 15.8. The van der Waals surface area contributed by atoms with Gasteiger partial charge in [0.25, 0.3) is 0 Å². The molecule has 1 saturated carbocycles. The summed E-state index contributed by atoms with van der Waals surface area (Å²) in [6, 6.07) is 31.5. The fraction of sp³-hybridized carbons (Fsp3) is 0.419. The molecule has 0 spiro atoms. The highest BCUT2D eigenvalue weighted by molar-refractivity contribution is 7.72. The molecule has 6 atom stereocenters.